The van der Waals surface area contributed by atoms with Crippen LogP contribution in [-0.4, -0.2) is 36.9 Å². The molecule has 1 atom stereocenters. The van der Waals surface area contributed by atoms with Crippen LogP contribution in [-0.2, 0) is 11.3 Å². The Balaban J connectivity index is 1.66. The van der Waals surface area contributed by atoms with Gasteiger partial charge in [-0.2, -0.15) is 5.10 Å². The van der Waals surface area contributed by atoms with Crippen molar-refractivity contribution in [1.29, 1.82) is 0 Å². The third-order valence-corrected chi connectivity index (χ3v) is 5.39. The normalized spacial score (nSPS) is 15.5. The Labute approximate surface area is 181 Å². The summed E-state index contributed by atoms with van der Waals surface area (Å²) in [5.74, 6) is 0.485. The number of amides is 1. The van der Waals surface area contributed by atoms with Crippen molar-refractivity contribution in [3.63, 3.8) is 0 Å². The molecule has 0 aromatic carbocycles. The van der Waals surface area contributed by atoms with Crippen LogP contribution in [0.25, 0.3) is 16.8 Å². The van der Waals surface area contributed by atoms with E-state index in [2.05, 4.69) is 25.7 Å². The van der Waals surface area contributed by atoms with Crippen LogP contribution in [0.5, 0.6) is 0 Å². The molecule has 8 heteroatoms. The van der Waals surface area contributed by atoms with Gasteiger partial charge >= 0.3 is 0 Å². The molecule has 0 saturated heterocycles. The number of hydrogen-bond donors (Lipinski definition) is 3. The minimum atomic E-state index is -0.381. The highest BCUT2D eigenvalue weighted by atomic mass is 16.3. The molecule has 0 unspecified atom stereocenters. The molecular weight excluding hydrogens is 392 g/mol. The Morgan fingerprint density at radius 3 is 2.81 bits per heavy atom. The summed E-state index contributed by atoms with van der Waals surface area (Å²) in [6.07, 6.45) is 5.46. The number of carbonyl (C=O) groups is 1. The van der Waals surface area contributed by atoms with Crippen molar-refractivity contribution in [2.45, 2.75) is 46.8 Å². The van der Waals surface area contributed by atoms with Crippen LogP contribution in [0.4, 0.5) is 11.5 Å². The third-order valence-electron chi connectivity index (χ3n) is 5.39. The number of aliphatic hydroxyl groups is 1. The number of aromatic nitrogens is 4. The number of rotatable bonds is 6. The summed E-state index contributed by atoms with van der Waals surface area (Å²) in [4.78, 5) is 21.4. The van der Waals surface area contributed by atoms with Gasteiger partial charge in [-0.1, -0.05) is 0 Å². The van der Waals surface area contributed by atoms with Crippen LogP contribution in [0.15, 0.2) is 42.5 Å². The van der Waals surface area contributed by atoms with E-state index in [-0.39, 0.29) is 12.0 Å². The predicted octanol–water partition coefficient (Wildman–Crippen LogP) is 3.52. The second kappa shape index (κ2) is 8.31. The monoisotopic (exact) mass is 418 g/mol. The van der Waals surface area contributed by atoms with Crippen molar-refractivity contribution in [2.75, 3.05) is 10.6 Å². The lowest BCUT2D eigenvalue weighted by Crippen LogP contribution is -2.10. The zero-order chi connectivity index (χ0) is 22.1. The number of aliphatic hydroxyl groups excluding tert-OH is 1. The van der Waals surface area contributed by atoms with Gasteiger partial charge in [-0.15, -0.1) is 0 Å². The minimum absolute atomic E-state index is 0.174. The molecule has 1 aliphatic rings. The number of anilines is 2. The van der Waals surface area contributed by atoms with Gasteiger partial charge in [0.05, 0.1) is 29.3 Å². The van der Waals surface area contributed by atoms with Gasteiger partial charge in [-0.05, 0) is 51.8 Å². The zero-order valence-corrected chi connectivity index (χ0v) is 18.1. The molecule has 3 aromatic rings. The van der Waals surface area contributed by atoms with Crippen LogP contribution < -0.4 is 10.6 Å². The molecule has 0 radical (unpaired) electrons. The molecule has 0 spiro atoms. The summed E-state index contributed by atoms with van der Waals surface area (Å²) >= 11 is 0. The molecule has 3 N–H and O–H groups in total. The topological polar surface area (TPSA) is 105 Å². The van der Waals surface area contributed by atoms with E-state index in [0.717, 1.165) is 28.1 Å². The Morgan fingerprint density at radius 2 is 2.06 bits per heavy atom. The first-order valence-electron chi connectivity index (χ1n) is 10.3. The van der Waals surface area contributed by atoms with Gasteiger partial charge in [0.2, 0.25) is 0 Å². The fraction of sp³-hybridized carbons (Fsp3) is 0.304. The number of nitrogens with zero attached hydrogens (tertiary/aromatic N) is 4. The molecule has 4 rings (SSSR count). The van der Waals surface area contributed by atoms with E-state index in [1.54, 1.807) is 25.5 Å². The van der Waals surface area contributed by atoms with Crippen molar-refractivity contribution < 1.29 is 9.90 Å². The lowest BCUT2D eigenvalue weighted by Gasteiger charge is -2.09. The van der Waals surface area contributed by atoms with E-state index in [9.17, 15) is 9.90 Å². The number of aryl methyl sites for hydroxylation is 3. The van der Waals surface area contributed by atoms with Crippen molar-refractivity contribution in [3.8, 4) is 11.3 Å². The van der Waals surface area contributed by atoms with Crippen LogP contribution >= 0.6 is 0 Å². The van der Waals surface area contributed by atoms with Gasteiger partial charge in [-0.25, -0.2) is 0 Å². The van der Waals surface area contributed by atoms with Gasteiger partial charge in [0.15, 0.2) is 5.82 Å². The Morgan fingerprint density at radius 1 is 1.26 bits per heavy atom. The molecule has 0 fully saturated rings. The molecule has 4 heterocycles. The molecule has 3 aromatic heterocycles. The number of hydrogen-bond acceptors (Lipinski definition) is 6. The highest BCUT2D eigenvalue weighted by Gasteiger charge is 2.28. The van der Waals surface area contributed by atoms with Crippen LogP contribution in [0.2, 0.25) is 0 Å². The summed E-state index contributed by atoms with van der Waals surface area (Å²) in [6, 6.07) is 5.79. The fourth-order valence-electron chi connectivity index (χ4n) is 3.68. The zero-order valence-electron chi connectivity index (χ0n) is 18.1. The molecule has 160 valence electrons. The lowest BCUT2D eigenvalue weighted by molar-refractivity contribution is -0.110. The summed E-state index contributed by atoms with van der Waals surface area (Å²) in [5, 5.41) is 20.2. The minimum Gasteiger partial charge on any atom is -0.393 e. The largest absolute Gasteiger partial charge is 0.393 e. The van der Waals surface area contributed by atoms with E-state index in [1.165, 1.54) is 0 Å². The van der Waals surface area contributed by atoms with E-state index >= 15 is 0 Å². The summed E-state index contributed by atoms with van der Waals surface area (Å²) < 4.78 is 1.85. The molecule has 0 aliphatic carbocycles. The number of carbonyl (C=O) groups excluding carboxylic acids is 1. The van der Waals surface area contributed by atoms with E-state index in [1.807, 2.05) is 43.7 Å². The quantitative estimate of drug-likeness (QED) is 0.529. The molecule has 0 saturated carbocycles. The maximum Gasteiger partial charge on any atom is 0.258 e. The number of pyridine rings is 2. The highest BCUT2D eigenvalue weighted by molar-refractivity contribution is 6.32. The van der Waals surface area contributed by atoms with E-state index < -0.39 is 0 Å². The molecule has 8 nitrogen and oxygen atoms in total. The van der Waals surface area contributed by atoms with Gasteiger partial charge in [-0.3, -0.25) is 19.4 Å². The molecule has 31 heavy (non-hydrogen) atoms. The standard InChI is InChI=1S/C23H26N6O2/c1-13-5-7-24-11-18(13)19-10-17-20(12-25-19)27-23(31)22(17)16(4)26-21-9-14(2)29(28-21)8-6-15(3)30/h5,7,9-12,15,30H,6,8H2,1-4H3,(H,26,28)(H,27,31)/b22-16-/t15-/m1/s1. The second-order valence-electron chi connectivity index (χ2n) is 7.92. The van der Waals surface area contributed by atoms with Crippen molar-refractivity contribution in [3.05, 3.63) is 59.3 Å². The summed E-state index contributed by atoms with van der Waals surface area (Å²) in [6.45, 7) is 8.23. The summed E-state index contributed by atoms with van der Waals surface area (Å²) in [5.41, 5.74) is 6.51. The van der Waals surface area contributed by atoms with Crippen molar-refractivity contribution >= 4 is 23.0 Å². The number of fused-ring (bicyclic) bond motifs is 1. The van der Waals surface area contributed by atoms with Gasteiger partial charge in [0.25, 0.3) is 5.91 Å². The lowest BCUT2D eigenvalue weighted by atomic mass is 10.0. The molecule has 0 bridgehead atoms. The fourth-order valence-corrected chi connectivity index (χ4v) is 3.68. The molecule has 1 aliphatic heterocycles. The maximum atomic E-state index is 12.7. The number of nitrogens with one attached hydrogen (secondary N) is 2. The van der Waals surface area contributed by atoms with Gasteiger partial charge < -0.3 is 15.7 Å². The van der Waals surface area contributed by atoms with Gasteiger partial charge in [0.1, 0.15) is 0 Å². The van der Waals surface area contributed by atoms with Crippen LogP contribution in [0.3, 0.4) is 0 Å². The van der Waals surface area contributed by atoms with Crippen molar-refractivity contribution in [1.82, 2.24) is 19.7 Å². The average Bonchev–Trinajstić information content (AvgIpc) is 3.24. The molecular formula is C23H26N6O2. The van der Waals surface area contributed by atoms with Crippen LogP contribution in [0, 0.1) is 13.8 Å². The SMILES string of the molecule is C/C(Nc1cc(C)n(CC[C@@H](C)O)n1)=C1/C(=O)Nc2cnc(-c3cnccc3C)cc21. The van der Waals surface area contributed by atoms with E-state index in [0.29, 0.717) is 35.7 Å². The first-order valence-corrected chi connectivity index (χ1v) is 10.3. The first kappa shape index (κ1) is 20.7. The average molecular weight is 419 g/mol. The third kappa shape index (κ3) is 4.20. The van der Waals surface area contributed by atoms with Crippen molar-refractivity contribution in [2.24, 2.45) is 0 Å². The van der Waals surface area contributed by atoms with Gasteiger partial charge in [0, 0.05) is 47.5 Å². The highest BCUT2D eigenvalue weighted by Crippen LogP contribution is 2.36. The Kier molecular flexibility index (Phi) is 5.56. The Hall–Kier alpha value is -3.52. The molecule has 1 amide bonds. The first-order chi connectivity index (χ1) is 14.8. The van der Waals surface area contributed by atoms with E-state index in [4.69, 9.17) is 0 Å². The number of allylic oxidation sites excluding steroid dienone is 1. The summed E-state index contributed by atoms with van der Waals surface area (Å²) in [7, 11) is 0. The van der Waals surface area contributed by atoms with Crippen LogP contribution in [0.1, 0.15) is 37.1 Å². The smallest absolute Gasteiger partial charge is 0.258 e. The second-order valence-corrected chi connectivity index (χ2v) is 7.92. The predicted molar refractivity (Wildman–Crippen MR) is 120 cm³/mol. The Bertz CT molecular complexity index is 1180. The maximum absolute atomic E-state index is 12.7.